The number of pyridine rings is 1. The number of aromatic nitrogens is 1. The Morgan fingerprint density at radius 1 is 1.32 bits per heavy atom. The number of hydrogen-bond acceptors (Lipinski definition) is 5. The number of carbonyl (C=O) groups excluding carboxylic acids is 1. The largest absolute Gasteiger partial charge is 0.482 e. The van der Waals surface area contributed by atoms with E-state index >= 15 is 0 Å². The number of benzene rings is 1. The minimum Gasteiger partial charge on any atom is -0.482 e. The van der Waals surface area contributed by atoms with Gasteiger partial charge < -0.3 is 14.8 Å². The summed E-state index contributed by atoms with van der Waals surface area (Å²) in [6.45, 7) is 4.74. The van der Waals surface area contributed by atoms with E-state index in [2.05, 4.69) is 10.3 Å². The molecule has 0 unspecified atom stereocenters. The molecule has 1 N–H and O–H groups in total. The lowest BCUT2D eigenvalue weighted by atomic mass is 10.1. The van der Waals surface area contributed by atoms with E-state index in [1.54, 1.807) is 12.1 Å². The van der Waals surface area contributed by atoms with Crippen LogP contribution in [0.4, 0.5) is 5.82 Å². The van der Waals surface area contributed by atoms with Crippen LogP contribution in [0, 0.1) is 0 Å². The van der Waals surface area contributed by atoms with Gasteiger partial charge in [-0.25, -0.2) is 9.78 Å². The molecule has 0 aliphatic carbocycles. The highest BCUT2D eigenvalue weighted by molar-refractivity contribution is 5.90. The van der Waals surface area contributed by atoms with E-state index in [-0.39, 0.29) is 11.6 Å². The number of anilines is 1. The average molecular weight is 298 g/mol. The van der Waals surface area contributed by atoms with Crippen LogP contribution in [0.15, 0.2) is 36.4 Å². The third kappa shape index (κ3) is 2.74. The molecule has 0 atom stereocenters. The van der Waals surface area contributed by atoms with Gasteiger partial charge in [0.05, 0.1) is 24.9 Å². The minimum atomic E-state index is -0.358. The SMILES string of the molecule is COC(=O)c1cccc(-c2ccc3c(n2)NCC(C)(C)O3)c1. The maximum Gasteiger partial charge on any atom is 0.337 e. The molecule has 114 valence electrons. The lowest BCUT2D eigenvalue weighted by Gasteiger charge is -2.32. The van der Waals surface area contributed by atoms with E-state index in [1.165, 1.54) is 7.11 Å². The number of hydrogen-bond donors (Lipinski definition) is 1. The third-order valence-electron chi connectivity index (χ3n) is 3.51. The van der Waals surface area contributed by atoms with E-state index in [1.807, 2.05) is 38.1 Å². The topological polar surface area (TPSA) is 60.5 Å². The first-order valence-electron chi connectivity index (χ1n) is 7.11. The van der Waals surface area contributed by atoms with Gasteiger partial charge >= 0.3 is 5.97 Å². The van der Waals surface area contributed by atoms with Crippen LogP contribution in [0.1, 0.15) is 24.2 Å². The summed E-state index contributed by atoms with van der Waals surface area (Å²) in [6, 6.07) is 11.0. The first-order chi connectivity index (χ1) is 10.5. The molecule has 0 radical (unpaired) electrons. The van der Waals surface area contributed by atoms with Crippen LogP contribution in [-0.4, -0.2) is 30.2 Å². The Bertz CT molecular complexity index is 726. The Labute approximate surface area is 129 Å². The van der Waals surface area contributed by atoms with E-state index in [4.69, 9.17) is 9.47 Å². The molecule has 0 fully saturated rings. The van der Waals surface area contributed by atoms with Gasteiger partial charge in [-0.2, -0.15) is 0 Å². The van der Waals surface area contributed by atoms with Crippen LogP contribution in [0.25, 0.3) is 11.3 Å². The van der Waals surface area contributed by atoms with Crippen LogP contribution in [0.5, 0.6) is 5.75 Å². The monoisotopic (exact) mass is 298 g/mol. The van der Waals surface area contributed by atoms with E-state index < -0.39 is 0 Å². The van der Waals surface area contributed by atoms with Gasteiger partial charge in [-0.05, 0) is 38.1 Å². The van der Waals surface area contributed by atoms with Gasteiger partial charge in [0.1, 0.15) is 5.60 Å². The Hall–Kier alpha value is -2.56. The van der Waals surface area contributed by atoms with Gasteiger partial charge in [-0.15, -0.1) is 0 Å². The summed E-state index contributed by atoms with van der Waals surface area (Å²) in [4.78, 5) is 16.2. The number of esters is 1. The van der Waals surface area contributed by atoms with Gasteiger partial charge in [0, 0.05) is 5.56 Å². The molecule has 1 aromatic carbocycles. The van der Waals surface area contributed by atoms with Gasteiger partial charge in [-0.3, -0.25) is 0 Å². The number of nitrogens with one attached hydrogen (secondary N) is 1. The maximum absolute atomic E-state index is 11.6. The highest BCUT2D eigenvalue weighted by Gasteiger charge is 2.27. The predicted octanol–water partition coefficient (Wildman–Crippen LogP) is 3.12. The van der Waals surface area contributed by atoms with Crippen LogP contribution in [0.3, 0.4) is 0 Å². The zero-order valence-corrected chi connectivity index (χ0v) is 12.8. The second-order valence-electron chi connectivity index (χ2n) is 5.83. The molecule has 3 rings (SSSR count). The number of fused-ring (bicyclic) bond motifs is 1. The van der Waals surface area contributed by atoms with Crippen molar-refractivity contribution >= 4 is 11.8 Å². The van der Waals surface area contributed by atoms with Gasteiger partial charge in [0.15, 0.2) is 11.6 Å². The Balaban J connectivity index is 1.95. The summed E-state index contributed by atoms with van der Waals surface area (Å²) in [5, 5.41) is 3.28. The van der Waals surface area contributed by atoms with Crippen molar-refractivity contribution in [2.24, 2.45) is 0 Å². The first kappa shape index (κ1) is 14.4. The quantitative estimate of drug-likeness (QED) is 0.863. The Morgan fingerprint density at radius 2 is 2.14 bits per heavy atom. The molecule has 1 aliphatic heterocycles. The average Bonchev–Trinajstić information content (AvgIpc) is 2.53. The molecule has 22 heavy (non-hydrogen) atoms. The fraction of sp³-hybridized carbons (Fsp3) is 0.294. The van der Waals surface area contributed by atoms with Crippen molar-refractivity contribution in [3.8, 4) is 17.0 Å². The number of nitrogens with zero attached hydrogens (tertiary/aromatic N) is 1. The van der Waals surface area contributed by atoms with Crippen molar-refractivity contribution in [3.05, 3.63) is 42.0 Å². The predicted molar refractivity (Wildman–Crippen MR) is 84.2 cm³/mol. The lowest BCUT2D eigenvalue weighted by molar-refractivity contribution is 0.0600. The summed E-state index contributed by atoms with van der Waals surface area (Å²) in [6.07, 6.45) is 0. The molecule has 1 aromatic heterocycles. The second kappa shape index (κ2) is 5.33. The summed E-state index contributed by atoms with van der Waals surface area (Å²) < 4.78 is 10.6. The zero-order chi connectivity index (χ0) is 15.7. The number of carbonyl (C=O) groups is 1. The summed E-state index contributed by atoms with van der Waals surface area (Å²) in [7, 11) is 1.37. The van der Waals surface area contributed by atoms with Crippen molar-refractivity contribution in [2.45, 2.75) is 19.4 Å². The summed E-state index contributed by atoms with van der Waals surface area (Å²) >= 11 is 0. The minimum absolute atomic E-state index is 0.249. The van der Waals surface area contributed by atoms with Crippen LogP contribution < -0.4 is 10.1 Å². The number of ether oxygens (including phenoxy) is 2. The molecule has 2 aromatic rings. The fourth-order valence-corrected chi connectivity index (χ4v) is 2.37. The number of rotatable bonds is 2. The van der Waals surface area contributed by atoms with Gasteiger partial charge in [0.25, 0.3) is 0 Å². The lowest BCUT2D eigenvalue weighted by Crippen LogP contribution is -2.40. The van der Waals surface area contributed by atoms with Crippen molar-refractivity contribution < 1.29 is 14.3 Å². The molecule has 0 bridgehead atoms. The maximum atomic E-state index is 11.6. The molecule has 0 saturated heterocycles. The fourth-order valence-electron chi connectivity index (χ4n) is 2.37. The molecular weight excluding hydrogens is 280 g/mol. The molecular formula is C17H18N2O3. The highest BCUT2D eigenvalue weighted by atomic mass is 16.5. The zero-order valence-electron chi connectivity index (χ0n) is 12.8. The van der Waals surface area contributed by atoms with E-state index in [0.29, 0.717) is 12.1 Å². The van der Waals surface area contributed by atoms with Crippen molar-refractivity contribution in [1.82, 2.24) is 4.98 Å². The summed E-state index contributed by atoms with van der Waals surface area (Å²) in [5.41, 5.74) is 1.89. The second-order valence-corrected chi connectivity index (χ2v) is 5.83. The first-order valence-corrected chi connectivity index (χ1v) is 7.11. The third-order valence-corrected chi connectivity index (χ3v) is 3.51. The van der Waals surface area contributed by atoms with E-state index in [9.17, 15) is 4.79 Å². The van der Waals surface area contributed by atoms with Crippen molar-refractivity contribution in [3.63, 3.8) is 0 Å². The number of methoxy groups -OCH3 is 1. The van der Waals surface area contributed by atoms with Crippen molar-refractivity contribution in [1.29, 1.82) is 0 Å². The van der Waals surface area contributed by atoms with Gasteiger partial charge in [0.2, 0.25) is 0 Å². The Morgan fingerprint density at radius 3 is 2.91 bits per heavy atom. The van der Waals surface area contributed by atoms with Crippen LogP contribution >= 0.6 is 0 Å². The molecule has 1 aliphatic rings. The highest BCUT2D eigenvalue weighted by Crippen LogP contribution is 2.33. The summed E-state index contributed by atoms with van der Waals surface area (Å²) in [5.74, 6) is 1.10. The van der Waals surface area contributed by atoms with Crippen LogP contribution in [-0.2, 0) is 4.74 Å². The smallest absolute Gasteiger partial charge is 0.337 e. The molecule has 5 nitrogen and oxygen atoms in total. The molecule has 0 saturated carbocycles. The molecule has 0 amide bonds. The molecule has 5 heteroatoms. The van der Waals surface area contributed by atoms with Crippen molar-refractivity contribution in [2.75, 3.05) is 19.0 Å². The molecule has 0 spiro atoms. The van der Waals surface area contributed by atoms with E-state index in [0.717, 1.165) is 22.8 Å². The standard InChI is InChI=1S/C17H18N2O3/c1-17(2)10-18-15-14(22-17)8-7-13(19-15)11-5-4-6-12(9-11)16(20)21-3/h4-9H,10H2,1-3H3,(H,18,19). The molecule has 2 heterocycles. The van der Waals surface area contributed by atoms with Gasteiger partial charge in [-0.1, -0.05) is 12.1 Å². The van der Waals surface area contributed by atoms with Crippen LogP contribution in [0.2, 0.25) is 0 Å². The Kier molecular flexibility index (Phi) is 3.48. The normalized spacial score (nSPS) is 15.2.